The van der Waals surface area contributed by atoms with E-state index >= 15 is 0 Å². The molecule has 0 aliphatic carbocycles. The highest BCUT2D eigenvalue weighted by Crippen LogP contribution is 2.01. The van der Waals surface area contributed by atoms with Gasteiger partial charge in [-0.3, -0.25) is 9.59 Å². The van der Waals surface area contributed by atoms with Crippen LogP contribution in [0.15, 0.2) is 0 Å². The SMILES string of the molecule is CC[C@@H](CNC(C)=O)C(C)=O. The standard InChI is InChI=1S/C8H15NO2/c1-4-8(6(2)10)5-9-7(3)11/h8H,4-5H2,1-3H3,(H,9,11)/t8-/m0/s1. The maximum atomic E-state index is 10.8. The summed E-state index contributed by atoms with van der Waals surface area (Å²) in [7, 11) is 0. The summed E-state index contributed by atoms with van der Waals surface area (Å²) < 4.78 is 0. The van der Waals surface area contributed by atoms with E-state index in [1.165, 1.54) is 6.92 Å². The Morgan fingerprint density at radius 2 is 1.91 bits per heavy atom. The van der Waals surface area contributed by atoms with Crippen LogP contribution in [-0.4, -0.2) is 18.2 Å². The molecule has 0 aliphatic rings. The van der Waals surface area contributed by atoms with Gasteiger partial charge >= 0.3 is 0 Å². The summed E-state index contributed by atoms with van der Waals surface area (Å²) in [5.41, 5.74) is 0. The number of amides is 1. The summed E-state index contributed by atoms with van der Waals surface area (Å²) in [5, 5.41) is 2.62. The fourth-order valence-electron chi connectivity index (χ4n) is 0.842. The molecule has 0 radical (unpaired) electrons. The minimum atomic E-state index is -0.0790. The lowest BCUT2D eigenvalue weighted by molar-refractivity contribution is -0.121. The van der Waals surface area contributed by atoms with Crippen molar-refractivity contribution in [2.24, 2.45) is 5.92 Å². The van der Waals surface area contributed by atoms with Crippen molar-refractivity contribution in [2.75, 3.05) is 6.54 Å². The minimum Gasteiger partial charge on any atom is -0.356 e. The van der Waals surface area contributed by atoms with Crippen molar-refractivity contribution in [3.8, 4) is 0 Å². The number of hydrogen-bond acceptors (Lipinski definition) is 2. The van der Waals surface area contributed by atoms with E-state index in [2.05, 4.69) is 5.32 Å². The molecule has 0 saturated heterocycles. The Balaban J connectivity index is 3.70. The summed E-state index contributed by atoms with van der Waals surface area (Å²) in [6.45, 7) is 5.41. The lowest BCUT2D eigenvalue weighted by atomic mass is 10.0. The highest BCUT2D eigenvalue weighted by atomic mass is 16.1. The van der Waals surface area contributed by atoms with Crippen LogP contribution in [0.25, 0.3) is 0 Å². The van der Waals surface area contributed by atoms with Gasteiger partial charge in [-0.2, -0.15) is 0 Å². The summed E-state index contributed by atoms with van der Waals surface area (Å²) in [6.07, 6.45) is 0.787. The Bertz CT molecular complexity index is 154. The molecule has 1 N–H and O–H groups in total. The molecular formula is C8H15NO2. The Morgan fingerprint density at radius 1 is 1.36 bits per heavy atom. The van der Waals surface area contributed by atoms with Gasteiger partial charge in [0.2, 0.25) is 5.91 Å². The molecule has 0 aliphatic heterocycles. The Kier molecular flexibility index (Phi) is 4.50. The van der Waals surface area contributed by atoms with Crippen LogP contribution < -0.4 is 5.32 Å². The average Bonchev–Trinajstić information content (AvgIpc) is 1.87. The van der Waals surface area contributed by atoms with Crippen molar-refractivity contribution in [3.05, 3.63) is 0 Å². The molecule has 64 valence electrons. The Hall–Kier alpha value is -0.860. The van der Waals surface area contributed by atoms with Gasteiger partial charge in [-0.05, 0) is 13.3 Å². The Labute approximate surface area is 67.2 Å². The van der Waals surface area contributed by atoms with Crippen LogP contribution >= 0.6 is 0 Å². The van der Waals surface area contributed by atoms with Crippen molar-refractivity contribution >= 4 is 11.7 Å². The molecule has 0 rings (SSSR count). The first-order valence-corrected chi connectivity index (χ1v) is 3.82. The predicted octanol–water partition coefficient (Wildman–Crippen LogP) is 0.738. The van der Waals surface area contributed by atoms with E-state index < -0.39 is 0 Å². The quantitative estimate of drug-likeness (QED) is 0.654. The second kappa shape index (κ2) is 4.88. The first kappa shape index (κ1) is 10.1. The molecule has 0 saturated carbocycles. The second-order valence-electron chi connectivity index (χ2n) is 2.65. The largest absolute Gasteiger partial charge is 0.356 e. The van der Waals surface area contributed by atoms with Crippen molar-refractivity contribution in [1.29, 1.82) is 0 Å². The van der Waals surface area contributed by atoms with E-state index in [0.717, 1.165) is 6.42 Å². The maximum absolute atomic E-state index is 10.8. The van der Waals surface area contributed by atoms with E-state index in [9.17, 15) is 9.59 Å². The number of hydrogen-bond donors (Lipinski definition) is 1. The van der Waals surface area contributed by atoms with Gasteiger partial charge in [0.25, 0.3) is 0 Å². The van der Waals surface area contributed by atoms with Gasteiger partial charge in [0.15, 0.2) is 0 Å². The first-order valence-electron chi connectivity index (χ1n) is 3.82. The normalized spacial score (nSPS) is 12.3. The number of carbonyl (C=O) groups excluding carboxylic acids is 2. The van der Waals surface area contributed by atoms with E-state index in [-0.39, 0.29) is 17.6 Å². The number of ketones is 1. The zero-order valence-electron chi connectivity index (χ0n) is 7.31. The fourth-order valence-corrected chi connectivity index (χ4v) is 0.842. The van der Waals surface area contributed by atoms with Crippen LogP contribution in [0.2, 0.25) is 0 Å². The van der Waals surface area contributed by atoms with Crippen molar-refractivity contribution < 1.29 is 9.59 Å². The third kappa shape index (κ3) is 4.53. The number of Topliss-reactive ketones (excluding diaryl/α,β-unsaturated/α-hetero) is 1. The highest BCUT2D eigenvalue weighted by Gasteiger charge is 2.10. The number of rotatable bonds is 4. The van der Waals surface area contributed by atoms with Gasteiger partial charge < -0.3 is 5.32 Å². The molecule has 0 heterocycles. The van der Waals surface area contributed by atoms with E-state index in [1.807, 2.05) is 6.92 Å². The molecule has 11 heavy (non-hydrogen) atoms. The van der Waals surface area contributed by atoms with Gasteiger partial charge in [0.1, 0.15) is 5.78 Å². The molecule has 1 amide bonds. The van der Waals surface area contributed by atoms with Gasteiger partial charge in [-0.25, -0.2) is 0 Å². The number of nitrogens with one attached hydrogen (secondary N) is 1. The summed E-state index contributed by atoms with van der Waals surface area (Å²) in [6, 6.07) is 0. The lowest BCUT2D eigenvalue weighted by Gasteiger charge is -2.10. The van der Waals surface area contributed by atoms with Crippen LogP contribution in [0.3, 0.4) is 0 Å². The predicted molar refractivity (Wildman–Crippen MR) is 43.1 cm³/mol. The highest BCUT2D eigenvalue weighted by molar-refractivity contribution is 5.79. The van der Waals surface area contributed by atoms with Crippen LogP contribution in [0.4, 0.5) is 0 Å². The van der Waals surface area contributed by atoms with Crippen molar-refractivity contribution in [2.45, 2.75) is 27.2 Å². The summed E-state index contributed by atoms with van der Waals surface area (Å²) >= 11 is 0. The molecule has 0 spiro atoms. The molecular weight excluding hydrogens is 142 g/mol. The summed E-state index contributed by atoms with van der Waals surface area (Å²) in [5.74, 6) is 0.0462. The van der Waals surface area contributed by atoms with Crippen LogP contribution in [0, 0.1) is 5.92 Å². The molecule has 0 aromatic carbocycles. The smallest absolute Gasteiger partial charge is 0.216 e. The molecule has 0 aromatic heterocycles. The molecule has 0 bridgehead atoms. The number of carbonyl (C=O) groups is 2. The zero-order valence-corrected chi connectivity index (χ0v) is 7.31. The maximum Gasteiger partial charge on any atom is 0.216 e. The van der Waals surface area contributed by atoms with Crippen LogP contribution in [-0.2, 0) is 9.59 Å². The van der Waals surface area contributed by atoms with Gasteiger partial charge in [0.05, 0.1) is 0 Å². The van der Waals surface area contributed by atoms with Gasteiger partial charge in [-0.15, -0.1) is 0 Å². The van der Waals surface area contributed by atoms with Gasteiger partial charge in [0, 0.05) is 19.4 Å². The summed E-state index contributed by atoms with van der Waals surface area (Å²) in [4.78, 5) is 21.3. The molecule has 3 nitrogen and oxygen atoms in total. The van der Waals surface area contributed by atoms with Crippen LogP contribution in [0.5, 0.6) is 0 Å². The third-order valence-corrected chi connectivity index (χ3v) is 1.67. The molecule has 1 atom stereocenters. The van der Waals surface area contributed by atoms with Gasteiger partial charge in [-0.1, -0.05) is 6.92 Å². The molecule has 0 aromatic rings. The minimum absolute atomic E-state index is 0.0149. The monoisotopic (exact) mass is 157 g/mol. The van der Waals surface area contributed by atoms with Crippen LogP contribution in [0.1, 0.15) is 27.2 Å². The third-order valence-electron chi connectivity index (χ3n) is 1.67. The van der Waals surface area contributed by atoms with E-state index in [0.29, 0.717) is 6.54 Å². The molecule has 3 heteroatoms. The van der Waals surface area contributed by atoms with E-state index in [1.54, 1.807) is 6.92 Å². The van der Waals surface area contributed by atoms with E-state index in [4.69, 9.17) is 0 Å². The second-order valence-corrected chi connectivity index (χ2v) is 2.65. The fraction of sp³-hybridized carbons (Fsp3) is 0.750. The molecule has 0 fully saturated rings. The lowest BCUT2D eigenvalue weighted by Crippen LogP contribution is -2.30. The average molecular weight is 157 g/mol. The topological polar surface area (TPSA) is 46.2 Å². The first-order chi connectivity index (χ1) is 5.07. The van der Waals surface area contributed by atoms with Crippen molar-refractivity contribution in [1.82, 2.24) is 5.32 Å². The zero-order chi connectivity index (χ0) is 8.85. The Morgan fingerprint density at radius 3 is 2.18 bits per heavy atom. The van der Waals surface area contributed by atoms with Crippen molar-refractivity contribution in [3.63, 3.8) is 0 Å². The molecule has 0 unspecified atom stereocenters.